The number of ether oxygens (including phenoxy) is 1. The molecule has 1 aliphatic rings. The van der Waals surface area contributed by atoms with Gasteiger partial charge in [-0.2, -0.15) is 0 Å². The lowest BCUT2D eigenvalue weighted by atomic mass is 10.1. The van der Waals surface area contributed by atoms with E-state index in [-0.39, 0.29) is 11.7 Å². The molecule has 1 fully saturated rings. The first kappa shape index (κ1) is 19.8. The number of pyridine rings is 1. The van der Waals surface area contributed by atoms with Crippen molar-refractivity contribution < 1.29 is 9.53 Å². The number of benzene rings is 2. The number of rotatable bonds is 5. The van der Waals surface area contributed by atoms with E-state index in [1.807, 2.05) is 53.8 Å². The fourth-order valence-corrected chi connectivity index (χ4v) is 4.67. The predicted octanol–water partition coefficient (Wildman–Crippen LogP) is 3.76. The molecule has 4 aromatic rings. The van der Waals surface area contributed by atoms with Gasteiger partial charge >= 0.3 is 0 Å². The number of fused-ring (bicyclic) bond motifs is 3. The number of morpholine rings is 1. The van der Waals surface area contributed by atoms with Crippen molar-refractivity contribution in [1.82, 2.24) is 14.6 Å². The van der Waals surface area contributed by atoms with Crippen LogP contribution in [0.3, 0.4) is 0 Å². The zero-order valence-electron chi connectivity index (χ0n) is 17.2. The highest BCUT2D eigenvalue weighted by Gasteiger charge is 2.17. The fourth-order valence-electron chi connectivity index (χ4n) is 3.92. The highest BCUT2D eigenvalue weighted by atomic mass is 32.2. The molecule has 8 heteroatoms. The van der Waals surface area contributed by atoms with Crippen LogP contribution in [-0.4, -0.2) is 52.6 Å². The molecule has 0 atom stereocenters. The summed E-state index contributed by atoms with van der Waals surface area (Å²) in [5.41, 5.74) is 4.76. The maximum absolute atomic E-state index is 12.8. The zero-order valence-corrected chi connectivity index (χ0v) is 18.1. The standard InChI is InChI=1S/C23H23N5O2S/c1-16-14-17-6-2-4-8-19(17)28-22(16)25-26-23(28)31-15-21(29)24-18-7-3-5-9-20(18)27-10-12-30-13-11-27/h2-9,14H,10-13,15H2,1H3,(H,24,29). The third-order valence-electron chi connectivity index (χ3n) is 5.40. The molecule has 0 spiro atoms. The van der Waals surface area contributed by atoms with Gasteiger partial charge in [0.15, 0.2) is 10.8 Å². The van der Waals surface area contributed by atoms with Crippen molar-refractivity contribution in [2.24, 2.45) is 0 Å². The number of aromatic nitrogens is 3. The summed E-state index contributed by atoms with van der Waals surface area (Å²) in [6.45, 7) is 5.07. The summed E-state index contributed by atoms with van der Waals surface area (Å²) in [5, 5.41) is 13.6. The molecule has 7 nitrogen and oxygen atoms in total. The molecule has 0 unspecified atom stereocenters. The Kier molecular flexibility index (Phi) is 5.48. The molecule has 158 valence electrons. The number of thioether (sulfide) groups is 1. The van der Waals surface area contributed by atoms with Gasteiger partial charge in [0.05, 0.1) is 35.9 Å². The molecule has 0 radical (unpaired) electrons. The first-order valence-electron chi connectivity index (χ1n) is 10.3. The molecule has 1 N–H and O–H groups in total. The zero-order chi connectivity index (χ0) is 21.2. The Morgan fingerprint density at radius 2 is 1.87 bits per heavy atom. The molecule has 3 heterocycles. The van der Waals surface area contributed by atoms with Gasteiger partial charge in [-0.25, -0.2) is 0 Å². The summed E-state index contributed by atoms with van der Waals surface area (Å²) in [6.07, 6.45) is 0. The Labute approximate surface area is 184 Å². The van der Waals surface area contributed by atoms with E-state index in [0.29, 0.717) is 18.4 Å². The van der Waals surface area contributed by atoms with Crippen LogP contribution in [0, 0.1) is 6.92 Å². The van der Waals surface area contributed by atoms with Crippen LogP contribution in [0.1, 0.15) is 5.56 Å². The molecule has 0 aliphatic carbocycles. The SMILES string of the molecule is Cc1cc2ccccc2n2c(SCC(=O)Nc3ccccc3N3CCOCC3)nnc12. The Hall–Kier alpha value is -3.10. The Morgan fingerprint density at radius 1 is 1.10 bits per heavy atom. The van der Waals surface area contributed by atoms with Crippen LogP contribution in [0.25, 0.3) is 16.6 Å². The summed E-state index contributed by atoms with van der Waals surface area (Å²) < 4.78 is 7.48. The van der Waals surface area contributed by atoms with Crippen molar-refractivity contribution in [3.8, 4) is 0 Å². The Bertz CT molecular complexity index is 1250. The van der Waals surface area contributed by atoms with Crippen molar-refractivity contribution in [3.05, 3.63) is 60.2 Å². The minimum atomic E-state index is -0.0700. The number of carbonyl (C=O) groups is 1. The first-order valence-corrected chi connectivity index (χ1v) is 11.3. The Balaban J connectivity index is 1.35. The van der Waals surface area contributed by atoms with Crippen LogP contribution in [0.2, 0.25) is 0 Å². The van der Waals surface area contributed by atoms with Crippen molar-refractivity contribution in [3.63, 3.8) is 0 Å². The normalized spacial score (nSPS) is 14.3. The molecule has 1 saturated heterocycles. The number of nitrogens with one attached hydrogen (secondary N) is 1. The fraction of sp³-hybridized carbons (Fsp3) is 0.261. The highest BCUT2D eigenvalue weighted by Crippen LogP contribution is 2.28. The van der Waals surface area contributed by atoms with E-state index in [1.165, 1.54) is 11.8 Å². The van der Waals surface area contributed by atoms with Gasteiger partial charge in [-0.15, -0.1) is 10.2 Å². The number of hydrogen-bond acceptors (Lipinski definition) is 6. The van der Waals surface area contributed by atoms with Crippen molar-refractivity contribution in [2.75, 3.05) is 42.3 Å². The lowest BCUT2D eigenvalue weighted by molar-refractivity contribution is -0.113. The maximum Gasteiger partial charge on any atom is 0.234 e. The molecule has 5 rings (SSSR count). The van der Waals surface area contributed by atoms with Crippen molar-refractivity contribution in [2.45, 2.75) is 12.1 Å². The average Bonchev–Trinajstić information content (AvgIpc) is 3.24. The number of carbonyl (C=O) groups excluding carboxylic acids is 1. The monoisotopic (exact) mass is 433 g/mol. The minimum Gasteiger partial charge on any atom is -0.378 e. The second-order valence-electron chi connectivity index (χ2n) is 7.48. The number of hydrogen-bond donors (Lipinski definition) is 1. The third-order valence-corrected chi connectivity index (χ3v) is 6.33. The van der Waals surface area contributed by atoms with Gasteiger partial charge in [0, 0.05) is 13.1 Å². The lowest BCUT2D eigenvalue weighted by Gasteiger charge is -2.30. The van der Waals surface area contributed by atoms with Crippen LogP contribution >= 0.6 is 11.8 Å². The molecule has 1 aliphatic heterocycles. The molecule has 2 aromatic carbocycles. The van der Waals surface area contributed by atoms with Crippen LogP contribution in [0.5, 0.6) is 0 Å². The number of amides is 1. The molecule has 31 heavy (non-hydrogen) atoms. The van der Waals surface area contributed by atoms with Crippen LogP contribution in [-0.2, 0) is 9.53 Å². The number of anilines is 2. The van der Waals surface area contributed by atoms with Gasteiger partial charge in [-0.3, -0.25) is 9.20 Å². The van der Waals surface area contributed by atoms with E-state index in [2.05, 4.69) is 32.5 Å². The molecule has 0 saturated carbocycles. The van der Waals surface area contributed by atoms with E-state index in [0.717, 1.165) is 46.6 Å². The van der Waals surface area contributed by atoms with Gasteiger partial charge in [0.1, 0.15) is 0 Å². The molecular weight excluding hydrogens is 410 g/mol. The summed E-state index contributed by atoms with van der Waals surface area (Å²) in [4.78, 5) is 15.0. The number of para-hydroxylation sites is 3. The Morgan fingerprint density at radius 3 is 2.74 bits per heavy atom. The minimum absolute atomic E-state index is 0.0700. The van der Waals surface area contributed by atoms with Gasteiger partial charge in [0.2, 0.25) is 5.91 Å². The largest absolute Gasteiger partial charge is 0.378 e. The maximum atomic E-state index is 12.8. The highest BCUT2D eigenvalue weighted by molar-refractivity contribution is 7.99. The average molecular weight is 434 g/mol. The summed E-state index contributed by atoms with van der Waals surface area (Å²) >= 11 is 1.39. The molecule has 2 aromatic heterocycles. The smallest absolute Gasteiger partial charge is 0.234 e. The van der Waals surface area contributed by atoms with E-state index in [9.17, 15) is 4.79 Å². The summed E-state index contributed by atoms with van der Waals surface area (Å²) in [6, 6.07) is 18.2. The van der Waals surface area contributed by atoms with Crippen molar-refractivity contribution >= 4 is 45.6 Å². The van der Waals surface area contributed by atoms with Crippen LogP contribution < -0.4 is 10.2 Å². The lowest BCUT2D eigenvalue weighted by Crippen LogP contribution is -2.36. The second-order valence-corrected chi connectivity index (χ2v) is 8.42. The van der Waals surface area contributed by atoms with Crippen LogP contribution in [0.15, 0.2) is 59.8 Å². The van der Waals surface area contributed by atoms with E-state index in [4.69, 9.17) is 4.74 Å². The number of aryl methyl sites for hydroxylation is 1. The molecule has 0 bridgehead atoms. The first-order chi connectivity index (χ1) is 15.2. The molecule has 1 amide bonds. The summed E-state index contributed by atoms with van der Waals surface area (Å²) in [7, 11) is 0. The second kappa shape index (κ2) is 8.56. The van der Waals surface area contributed by atoms with Gasteiger partial charge in [0.25, 0.3) is 0 Å². The topological polar surface area (TPSA) is 71.8 Å². The van der Waals surface area contributed by atoms with Crippen molar-refractivity contribution in [1.29, 1.82) is 0 Å². The summed E-state index contributed by atoms with van der Waals surface area (Å²) in [5.74, 6) is 0.181. The van der Waals surface area contributed by atoms with Gasteiger partial charge in [-0.1, -0.05) is 42.1 Å². The predicted molar refractivity (Wildman–Crippen MR) is 124 cm³/mol. The molecular formula is C23H23N5O2S. The van der Waals surface area contributed by atoms with E-state index < -0.39 is 0 Å². The van der Waals surface area contributed by atoms with E-state index >= 15 is 0 Å². The van der Waals surface area contributed by atoms with Gasteiger partial charge < -0.3 is 15.0 Å². The third kappa shape index (κ3) is 3.96. The number of nitrogens with zero attached hydrogens (tertiary/aromatic N) is 4. The van der Waals surface area contributed by atoms with Crippen LogP contribution in [0.4, 0.5) is 11.4 Å². The quantitative estimate of drug-likeness (QED) is 0.483. The van der Waals surface area contributed by atoms with E-state index in [1.54, 1.807) is 0 Å². The van der Waals surface area contributed by atoms with Gasteiger partial charge in [-0.05, 0) is 42.1 Å².